The number of hydrogen-bond donors (Lipinski definition) is 1. The molecule has 0 spiro atoms. The van der Waals surface area contributed by atoms with Gasteiger partial charge in [0.15, 0.2) is 5.82 Å². The van der Waals surface area contributed by atoms with E-state index in [4.69, 9.17) is 9.26 Å². The third-order valence-corrected chi connectivity index (χ3v) is 4.55. The minimum Gasteiger partial charge on any atom is -0.365 e. The molecule has 2 saturated heterocycles. The van der Waals surface area contributed by atoms with Gasteiger partial charge >= 0.3 is 0 Å². The molecule has 1 aromatic heterocycles. The van der Waals surface area contributed by atoms with Crippen molar-refractivity contribution >= 4 is 0 Å². The molecule has 0 aliphatic carbocycles. The zero-order chi connectivity index (χ0) is 14.2. The first-order chi connectivity index (χ1) is 9.52. The summed E-state index contributed by atoms with van der Waals surface area (Å²) in [6, 6.07) is 0. The average Bonchev–Trinajstić information content (AvgIpc) is 3.09. The van der Waals surface area contributed by atoms with Crippen LogP contribution in [0.5, 0.6) is 0 Å². The van der Waals surface area contributed by atoms with Gasteiger partial charge in [-0.3, -0.25) is 4.90 Å². The summed E-state index contributed by atoms with van der Waals surface area (Å²) < 4.78 is 11.3. The Balaban J connectivity index is 1.81. The van der Waals surface area contributed by atoms with E-state index in [1.165, 1.54) is 0 Å². The maximum Gasteiger partial charge on any atom is 0.258 e. The minimum absolute atomic E-state index is 0.210. The molecule has 0 saturated carbocycles. The molecule has 1 unspecified atom stereocenters. The zero-order valence-corrected chi connectivity index (χ0v) is 12.6. The molecule has 1 aromatic rings. The molecule has 0 bridgehead atoms. The quantitative estimate of drug-likeness (QED) is 0.898. The summed E-state index contributed by atoms with van der Waals surface area (Å²) in [4.78, 5) is 7.04. The van der Waals surface area contributed by atoms with E-state index in [1.54, 1.807) is 0 Å². The van der Waals surface area contributed by atoms with Crippen LogP contribution in [-0.2, 0) is 15.9 Å². The van der Waals surface area contributed by atoms with Gasteiger partial charge in [-0.15, -0.1) is 0 Å². The highest BCUT2D eigenvalue weighted by Gasteiger charge is 2.40. The molecule has 3 heterocycles. The van der Waals surface area contributed by atoms with Gasteiger partial charge < -0.3 is 14.6 Å². The largest absolute Gasteiger partial charge is 0.365 e. The van der Waals surface area contributed by atoms with Crippen molar-refractivity contribution in [2.75, 3.05) is 32.8 Å². The van der Waals surface area contributed by atoms with Gasteiger partial charge in [-0.05, 0) is 33.6 Å². The van der Waals surface area contributed by atoms with E-state index < -0.39 is 5.60 Å². The predicted octanol–water partition coefficient (Wildman–Crippen LogP) is 1.24. The molecular formula is C14H24N4O2. The maximum absolute atomic E-state index is 5.78. The third-order valence-electron chi connectivity index (χ3n) is 4.55. The number of aromatic nitrogens is 2. The zero-order valence-electron chi connectivity index (χ0n) is 12.6. The van der Waals surface area contributed by atoms with Crippen molar-refractivity contribution in [2.45, 2.75) is 44.8 Å². The van der Waals surface area contributed by atoms with Crippen LogP contribution in [0.25, 0.3) is 0 Å². The van der Waals surface area contributed by atoms with Gasteiger partial charge in [0, 0.05) is 32.8 Å². The van der Waals surface area contributed by atoms with Crippen LogP contribution in [0, 0.1) is 0 Å². The maximum atomic E-state index is 5.78. The van der Waals surface area contributed by atoms with E-state index in [2.05, 4.69) is 34.2 Å². The second-order valence-corrected chi connectivity index (χ2v) is 6.40. The summed E-state index contributed by atoms with van der Waals surface area (Å²) in [5.74, 6) is 1.37. The lowest BCUT2D eigenvalue weighted by Gasteiger charge is -2.38. The van der Waals surface area contributed by atoms with Gasteiger partial charge in [0.2, 0.25) is 0 Å². The summed E-state index contributed by atoms with van der Waals surface area (Å²) in [6.45, 7) is 11.2. The molecule has 6 heteroatoms. The Bertz CT molecular complexity index is 459. The molecule has 6 nitrogen and oxygen atoms in total. The van der Waals surface area contributed by atoms with Crippen molar-refractivity contribution in [1.82, 2.24) is 20.4 Å². The summed E-state index contributed by atoms with van der Waals surface area (Å²) in [5.41, 5.74) is -0.608. The first-order valence-electron chi connectivity index (χ1n) is 7.47. The Morgan fingerprint density at radius 3 is 2.70 bits per heavy atom. The van der Waals surface area contributed by atoms with Crippen LogP contribution in [0.3, 0.4) is 0 Å². The standard InChI is InChI=1S/C14H24N4O2/c1-13(2,18-8-6-15-7-9-18)11-16-12(20-17-11)14(3)5-4-10-19-14/h15H,4-10H2,1-3H3. The highest BCUT2D eigenvalue weighted by Crippen LogP contribution is 2.36. The summed E-state index contributed by atoms with van der Waals surface area (Å²) in [6.07, 6.45) is 2.00. The fourth-order valence-electron chi connectivity index (χ4n) is 3.00. The smallest absolute Gasteiger partial charge is 0.258 e. The lowest BCUT2D eigenvalue weighted by molar-refractivity contribution is -0.00937. The molecule has 20 heavy (non-hydrogen) atoms. The van der Waals surface area contributed by atoms with E-state index in [9.17, 15) is 0 Å². The number of nitrogens with zero attached hydrogens (tertiary/aromatic N) is 3. The van der Waals surface area contributed by atoms with Crippen LogP contribution in [-0.4, -0.2) is 47.8 Å². The second kappa shape index (κ2) is 5.09. The van der Waals surface area contributed by atoms with Crippen LogP contribution in [0.15, 0.2) is 4.52 Å². The molecule has 2 fully saturated rings. The molecule has 0 aromatic carbocycles. The first kappa shape index (κ1) is 14.0. The van der Waals surface area contributed by atoms with Gasteiger partial charge in [-0.1, -0.05) is 5.16 Å². The Morgan fingerprint density at radius 1 is 1.30 bits per heavy atom. The van der Waals surface area contributed by atoms with Gasteiger partial charge in [0.25, 0.3) is 5.89 Å². The van der Waals surface area contributed by atoms with Crippen LogP contribution < -0.4 is 5.32 Å². The highest BCUT2D eigenvalue weighted by atomic mass is 16.5. The third kappa shape index (κ3) is 2.36. The molecule has 112 valence electrons. The van der Waals surface area contributed by atoms with Crippen LogP contribution in [0.4, 0.5) is 0 Å². The Labute approximate surface area is 119 Å². The molecular weight excluding hydrogens is 256 g/mol. The number of ether oxygens (including phenoxy) is 1. The fraction of sp³-hybridized carbons (Fsp3) is 0.857. The number of nitrogens with one attached hydrogen (secondary N) is 1. The van der Waals surface area contributed by atoms with Crippen molar-refractivity contribution in [3.63, 3.8) is 0 Å². The summed E-state index contributed by atoms with van der Waals surface area (Å²) >= 11 is 0. The van der Waals surface area contributed by atoms with Crippen molar-refractivity contribution < 1.29 is 9.26 Å². The lowest BCUT2D eigenvalue weighted by atomic mass is 10.00. The molecule has 0 radical (unpaired) electrons. The fourth-order valence-corrected chi connectivity index (χ4v) is 3.00. The Kier molecular flexibility index (Phi) is 3.56. The summed E-state index contributed by atoms with van der Waals surface area (Å²) in [5, 5.41) is 7.59. The average molecular weight is 280 g/mol. The molecule has 1 N–H and O–H groups in total. The van der Waals surface area contributed by atoms with E-state index in [0.29, 0.717) is 5.89 Å². The van der Waals surface area contributed by atoms with Crippen molar-refractivity contribution in [2.24, 2.45) is 0 Å². The molecule has 0 amide bonds. The van der Waals surface area contributed by atoms with Gasteiger partial charge in [-0.25, -0.2) is 0 Å². The van der Waals surface area contributed by atoms with Crippen molar-refractivity contribution in [1.29, 1.82) is 0 Å². The molecule has 2 aliphatic rings. The monoisotopic (exact) mass is 280 g/mol. The predicted molar refractivity (Wildman–Crippen MR) is 74.3 cm³/mol. The molecule has 2 aliphatic heterocycles. The van der Waals surface area contributed by atoms with Gasteiger partial charge in [0.05, 0.1) is 5.54 Å². The van der Waals surface area contributed by atoms with Crippen molar-refractivity contribution in [3.8, 4) is 0 Å². The Morgan fingerprint density at radius 2 is 2.05 bits per heavy atom. The minimum atomic E-state index is -0.398. The second-order valence-electron chi connectivity index (χ2n) is 6.40. The molecule has 3 rings (SSSR count). The Hall–Kier alpha value is -0.980. The normalized spacial score (nSPS) is 28.9. The highest BCUT2D eigenvalue weighted by molar-refractivity contribution is 5.07. The number of hydrogen-bond acceptors (Lipinski definition) is 6. The van der Waals surface area contributed by atoms with Crippen molar-refractivity contribution in [3.05, 3.63) is 11.7 Å². The number of piperazine rings is 1. The first-order valence-corrected chi connectivity index (χ1v) is 7.47. The lowest BCUT2D eigenvalue weighted by Crippen LogP contribution is -2.52. The van der Waals surface area contributed by atoms with E-state index in [1.807, 2.05) is 6.92 Å². The van der Waals surface area contributed by atoms with E-state index >= 15 is 0 Å². The van der Waals surface area contributed by atoms with Crippen LogP contribution >= 0.6 is 0 Å². The van der Waals surface area contributed by atoms with Crippen LogP contribution in [0.1, 0.15) is 45.3 Å². The van der Waals surface area contributed by atoms with Gasteiger partial charge in [-0.2, -0.15) is 4.98 Å². The van der Waals surface area contributed by atoms with E-state index in [0.717, 1.165) is 51.5 Å². The topological polar surface area (TPSA) is 63.4 Å². The SMILES string of the molecule is CC1(c2nc(C(C)(C)N3CCNCC3)no2)CCCO1. The van der Waals surface area contributed by atoms with E-state index in [-0.39, 0.29) is 5.54 Å². The number of rotatable bonds is 3. The van der Waals surface area contributed by atoms with Crippen LogP contribution in [0.2, 0.25) is 0 Å². The molecule has 1 atom stereocenters. The summed E-state index contributed by atoms with van der Waals surface area (Å²) in [7, 11) is 0. The van der Waals surface area contributed by atoms with Gasteiger partial charge in [0.1, 0.15) is 5.60 Å².